The van der Waals surface area contributed by atoms with E-state index in [4.69, 9.17) is 10.6 Å². The molecule has 2 aromatic rings. The van der Waals surface area contributed by atoms with Crippen LogP contribution >= 0.6 is 27.3 Å². The summed E-state index contributed by atoms with van der Waals surface area (Å²) in [5.74, 6) is 6.75. The van der Waals surface area contributed by atoms with Crippen molar-refractivity contribution in [1.82, 2.24) is 5.43 Å². The van der Waals surface area contributed by atoms with Crippen LogP contribution in [0.3, 0.4) is 0 Å². The molecule has 1 atom stereocenters. The standard InChI is InChI=1S/C14H15BrN2OS/c1-8-6-12(19-14(8)15)13(17-16)10-2-3-11-9(7-10)4-5-18-11/h2-3,6-7,13,17H,4-5,16H2,1H3. The van der Waals surface area contributed by atoms with Gasteiger partial charge in [0.2, 0.25) is 0 Å². The van der Waals surface area contributed by atoms with Crippen molar-refractivity contribution in [3.05, 3.63) is 49.6 Å². The fraction of sp³-hybridized carbons (Fsp3) is 0.286. The van der Waals surface area contributed by atoms with Crippen molar-refractivity contribution >= 4 is 27.3 Å². The summed E-state index contributed by atoms with van der Waals surface area (Å²) >= 11 is 5.28. The smallest absolute Gasteiger partial charge is 0.122 e. The molecular weight excluding hydrogens is 324 g/mol. The lowest BCUT2D eigenvalue weighted by molar-refractivity contribution is 0.357. The minimum Gasteiger partial charge on any atom is -0.493 e. The Balaban J connectivity index is 1.98. The lowest BCUT2D eigenvalue weighted by Crippen LogP contribution is -2.28. The first-order valence-electron chi connectivity index (χ1n) is 6.16. The Hall–Kier alpha value is -0.880. The van der Waals surface area contributed by atoms with Gasteiger partial charge in [0.1, 0.15) is 5.75 Å². The van der Waals surface area contributed by atoms with E-state index in [1.54, 1.807) is 11.3 Å². The molecule has 3 rings (SSSR count). The van der Waals surface area contributed by atoms with Crippen molar-refractivity contribution in [3.63, 3.8) is 0 Å². The predicted octanol–water partition coefficient (Wildman–Crippen LogP) is 3.31. The Bertz CT molecular complexity index is 592. The second kappa shape index (κ2) is 5.25. The zero-order valence-corrected chi connectivity index (χ0v) is 13.0. The molecule has 100 valence electrons. The van der Waals surface area contributed by atoms with E-state index >= 15 is 0 Å². The average molecular weight is 339 g/mol. The summed E-state index contributed by atoms with van der Waals surface area (Å²) < 4.78 is 6.70. The molecule has 1 unspecified atom stereocenters. The van der Waals surface area contributed by atoms with E-state index in [-0.39, 0.29) is 6.04 Å². The van der Waals surface area contributed by atoms with E-state index in [0.29, 0.717) is 0 Å². The van der Waals surface area contributed by atoms with E-state index in [1.165, 1.54) is 21.6 Å². The molecule has 3 N–H and O–H groups in total. The van der Waals surface area contributed by atoms with Crippen molar-refractivity contribution in [1.29, 1.82) is 0 Å². The number of fused-ring (bicyclic) bond motifs is 1. The lowest BCUT2D eigenvalue weighted by Gasteiger charge is -2.15. The molecule has 0 amide bonds. The summed E-state index contributed by atoms with van der Waals surface area (Å²) in [6.07, 6.45) is 0.980. The number of benzene rings is 1. The summed E-state index contributed by atoms with van der Waals surface area (Å²) in [5.41, 5.74) is 6.61. The van der Waals surface area contributed by atoms with Gasteiger partial charge in [-0.15, -0.1) is 11.3 Å². The Morgan fingerprint density at radius 3 is 2.95 bits per heavy atom. The molecule has 19 heavy (non-hydrogen) atoms. The third kappa shape index (κ3) is 2.43. The lowest BCUT2D eigenvalue weighted by atomic mass is 10.0. The fourth-order valence-corrected chi connectivity index (χ4v) is 4.01. The number of halogens is 1. The van der Waals surface area contributed by atoms with Gasteiger partial charge in [-0.2, -0.15) is 0 Å². The van der Waals surface area contributed by atoms with Crippen molar-refractivity contribution in [2.45, 2.75) is 19.4 Å². The van der Waals surface area contributed by atoms with Crippen LogP contribution in [0.1, 0.15) is 27.6 Å². The number of aryl methyl sites for hydroxylation is 1. The highest BCUT2D eigenvalue weighted by Crippen LogP contribution is 2.36. The van der Waals surface area contributed by atoms with Gasteiger partial charge in [0, 0.05) is 11.3 Å². The van der Waals surface area contributed by atoms with Crippen LogP contribution in [0.15, 0.2) is 28.1 Å². The van der Waals surface area contributed by atoms with Crippen LogP contribution in [-0.2, 0) is 6.42 Å². The minimum atomic E-state index is 0.0286. The Morgan fingerprint density at radius 1 is 1.42 bits per heavy atom. The first-order chi connectivity index (χ1) is 9.19. The summed E-state index contributed by atoms with van der Waals surface area (Å²) in [6, 6.07) is 8.51. The highest BCUT2D eigenvalue weighted by Gasteiger charge is 2.19. The molecule has 0 fully saturated rings. The first kappa shape index (κ1) is 13.1. The van der Waals surface area contributed by atoms with E-state index in [2.05, 4.69) is 46.5 Å². The molecule has 0 aliphatic carbocycles. The molecular formula is C14H15BrN2OS. The molecule has 0 saturated heterocycles. The summed E-state index contributed by atoms with van der Waals surface area (Å²) in [7, 11) is 0. The number of hydrogen-bond donors (Lipinski definition) is 2. The van der Waals surface area contributed by atoms with E-state index < -0.39 is 0 Å². The van der Waals surface area contributed by atoms with E-state index in [0.717, 1.165) is 22.6 Å². The number of ether oxygens (including phenoxy) is 1. The Kier molecular flexibility index (Phi) is 3.62. The van der Waals surface area contributed by atoms with Gasteiger partial charge in [-0.05, 0) is 57.7 Å². The first-order valence-corrected chi connectivity index (χ1v) is 7.77. The molecule has 3 nitrogen and oxygen atoms in total. The van der Waals surface area contributed by atoms with Gasteiger partial charge in [-0.25, -0.2) is 5.43 Å². The average Bonchev–Trinajstić information content (AvgIpc) is 2.98. The van der Waals surface area contributed by atoms with Gasteiger partial charge in [0.15, 0.2) is 0 Å². The largest absolute Gasteiger partial charge is 0.493 e. The second-order valence-corrected chi connectivity index (χ2v) is 7.07. The number of hydrogen-bond acceptors (Lipinski definition) is 4. The fourth-order valence-electron chi connectivity index (χ4n) is 2.35. The van der Waals surface area contributed by atoms with Gasteiger partial charge < -0.3 is 4.74 Å². The minimum absolute atomic E-state index is 0.0286. The number of thiophene rings is 1. The number of rotatable bonds is 3. The van der Waals surface area contributed by atoms with E-state index in [9.17, 15) is 0 Å². The monoisotopic (exact) mass is 338 g/mol. The van der Waals surface area contributed by atoms with Gasteiger partial charge in [-0.1, -0.05) is 6.07 Å². The Labute approximate surface area is 124 Å². The summed E-state index contributed by atoms with van der Waals surface area (Å²) in [6.45, 7) is 2.87. The molecule has 1 aromatic heterocycles. The zero-order chi connectivity index (χ0) is 13.4. The van der Waals surface area contributed by atoms with Gasteiger partial charge in [0.25, 0.3) is 0 Å². The molecule has 1 aliphatic rings. The van der Waals surface area contributed by atoms with Crippen LogP contribution in [0, 0.1) is 6.92 Å². The second-order valence-electron chi connectivity index (χ2n) is 4.67. The SMILES string of the molecule is Cc1cc(C(NN)c2ccc3c(c2)CCO3)sc1Br. The quantitative estimate of drug-likeness (QED) is 0.666. The molecule has 1 aliphatic heterocycles. The molecule has 0 radical (unpaired) electrons. The number of nitrogens with one attached hydrogen (secondary N) is 1. The van der Waals surface area contributed by atoms with Gasteiger partial charge >= 0.3 is 0 Å². The number of hydrazine groups is 1. The van der Waals surface area contributed by atoms with Crippen LogP contribution in [0.2, 0.25) is 0 Å². The van der Waals surface area contributed by atoms with Crippen molar-refractivity contribution in [3.8, 4) is 5.75 Å². The molecule has 5 heteroatoms. The van der Waals surface area contributed by atoms with Gasteiger partial charge in [0.05, 0.1) is 16.4 Å². The molecule has 0 spiro atoms. The van der Waals surface area contributed by atoms with Crippen molar-refractivity contribution < 1.29 is 4.74 Å². The maximum atomic E-state index is 5.75. The highest BCUT2D eigenvalue weighted by atomic mass is 79.9. The van der Waals surface area contributed by atoms with Crippen molar-refractivity contribution in [2.75, 3.05) is 6.61 Å². The Morgan fingerprint density at radius 2 is 2.26 bits per heavy atom. The predicted molar refractivity (Wildman–Crippen MR) is 81.6 cm³/mol. The van der Waals surface area contributed by atoms with Crippen LogP contribution in [0.25, 0.3) is 0 Å². The maximum Gasteiger partial charge on any atom is 0.122 e. The van der Waals surface area contributed by atoms with Crippen LogP contribution in [0.5, 0.6) is 5.75 Å². The third-order valence-corrected chi connectivity index (χ3v) is 5.58. The normalized spacial score (nSPS) is 15.1. The van der Waals surface area contributed by atoms with E-state index in [1.807, 2.05) is 6.07 Å². The molecule has 0 bridgehead atoms. The van der Waals surface area contributed by atoms with Crippen LogP contribution in [-0.4, -0.2) is 6.61 Å². The van der Waals surface area contributed by atoms with Crippen LogP contribution in [0.4, 0.5) is 0 Å². The zero-order valence-electron chi connectivity index (χ0n) is 10.6. The molecule has 1 aromatic carbocycles. The topological polar surface area (TPSA) is 47.3 Å². The molecule has 2 heterocycles. The van der Waals surface area contributed by atoms with Crippen molar-refractivity contribution in [2.24, 2.45) is 5.84 Å². The highest BCUT2D eigenvalue weighted by molar-refractivity contribution is 9.11. The maximum absolute atomic E-state index is 5.75. The van der Waals surface area contributed by atoms with Crippen LogP contribution < -0.4 is 16.0 Å². The molecule has 0 saturated carbocycles. The summed E-state index contributed by atoms with van der Waals surface area (Å²) in [4.78, 5) is 1.21. The third-order valence-electron chi connectivity index (χ3n) is 3.37. The van der Waals surface area contributed by atoms with Gasteiger partial charge in [-0.3, -0.25) is 5.84 Å². The number of nitrogens with two attached hydrogens (primary N) is 1. The summed E-state index contributed by atoms with van der Waals surface area (Å²) in [5, 5.41) is 0.